The molecule has 21 heavy (non-hydrogen) atoms. The van der Waals surface area contributed by atoms with Crippen LogP contribution in [0.3, 0.4) is 0 Å². The van der Waals surface area contributed by atoms with Crippen LogP contribution in [0.5, 0.6) is 0 Å². The van der Waals surface area contributed by atoms with Gasteiger partial charge in [0.2, 0.25) is 0 Å². The Hall–Kier alpha value is -1.71. The second-order valence-electron chi connectivity index (χ2n) is 5.86. The number of hydrogen-bond acceptors (Lipinski definition) is 3. The Balaban J connectivity index is 1.65. The molecule has 3 rings (SSSR count). The Labute approximate surface area is 126 Å². The number of rotatable bonds is 4. The van der Waals surface area contributed by atoms with Gasteiger partial charge in [0.1, 0.15) is 0 Å². The molecule has 0 amide bonds. The van der Waals surface area contributed by atoms with Crippen molar-refractivity contribution in [3.63, 3.8) is 0 Å². The van der Waals surface area contributed by atoms with E-state index in [-0.39, 0.29) is 0 Å². The van der Waals surface area contributed by atoms with Gasteiger partial charge in [0.15, 0.2) is 0 Å². The molecule has 1 atom stereocenters. The van der Waals surface area contributed by atoms with Gasteiger partial charge in [0, 0.05) is 32.1 Å². The molecule has 1 aromatic heterocycles. The molecular weight excluding hydrogens is 260 g/mol. The zero-order valence-electron chi connectivity index (χ0n) is 12.3. The Kier molecular flexibility index (Phi) is 4.63. The highest BCUT2D eigenvalue weighted by molar-refractivity contribution is 5.62. The van der Waals surface area contributed by atoms with E-state index in [1.54, 1.807) is 6.20 Å². The molecule has 3 heteroatoms. The van der Waals surface area contributed by atoms with Gasteiger partial charge in [0.25, 0.3) is 0 Å². The highest BCUT2D eigenvalue weighted by atomic mass is 16.3. The van der Waals surface area contributed by atoms with Gasteiger partial charge in [-0.3, -0.25) is 9.88 Å². The van der Waals surface area contributed by atoms with Crippen molar-refractivity contribution >= 4 is 0 Å². The van der Waals surface area contributed by atoms with E-state index < -0.39 is 0 Å². The lowest BCUT2D eigenvalue weighted by atomic mass is 9.98. The van der Waals surface area contributed by atoms with Crippen LogP contribution in [-0.2, 0) is 6.54 Å². The lowest BCUT2D eigenvalue weighted by Crippen LogP contribution is -2.36. The first kappa shape index (κ1) is 14.2. The van der Waals surface area contributed by atoms with Crippen molar-refractivity contribution in [3.05, 3.63) is 54.4 Å². The van der Waals surface area contributed by atoms with E-state index in [4.69, 9.17) is 0 Å². The SMILES string of the molecule is OCC1CCCN(Cc2ccc(-c3cccnc3)cc2)C1. The molecule has 1 N–H and O–H groups in total. The van der Waals surface area contributed by atoms with E-state index in [2.05, 4.69) is 40.2 Å². The van der Waals surface area contributed by atoms with Gasteiger partial charge in [-0.15, -0.1) is 0 Å². The number of likely N-dealkylation sites (tertiary alicyclic amines) is 1. The number of aliphatic hydroxyl groups is 1. The molecule has 3 nitrogen and oxygen atoms in total. The van der Waals surface area contributed by atoms with Crippen molar-refractivity contribution in [2.24, 2.45) is 5.92 Å². The van der Waals surface area contributed by atoms with Gasteiger partial charge in [-0.05, 0) is 48.1 Å². The van der Waals surface area contributed by atoms with Crippen LogP contribution >= 0.6 is 0 Å². The van der Waals surface area contributed by atoms with Gasteiger partial charge >= 0.3 is 0 Å². The van der Waals surface area contributed by atoms with E-state index in [1.807, 2.05) is 12.3 Å². The molecule has 0 saturated carbocycles. The molecule has 1 fully saturated rings. The molecule has 1 saturated heterocycles. The van der Waals surface area contributed by atoms with Crippen LogP contribution in [0.15, 0.2) is 48.8 Å². The lowest BCUT2D eigenvalue weighted by molar-refractivity contribution is 0.116. The Morgan fingerprint density at radius 2 is 2.00 bits per heavy atom. The summed E-state index contributed by atoms with van der Waals surface area (Å²) in [5.74, 6) is 0.452. The van der Waals surface area contributed by atoms with Crippen LogP contribution < -0.4 is 0 Å². The Bertz CT molecular complexity index is 553. The average Bonchev–Trinajstić information content (AvgIpc) is 2.56. The summed E-state index contributed by atoms with van der Waals surface area (Å²) in [5, 5.41) is 9.30. The molecule has 0 bridgehead atoms. The largest absolute Gasteiger partial charge is 0.396 e. The number of nitrogens with zero attached hydrogens (tertiary/aromatic N) is 2. The van der Waals surface area contributed by atoms with E-state index in [0.717, 1.165) is 31.6 Å². The predicted octanol–water partition coefficient (Wildman–Crippen LogP) is 2.95. The zero-order valence-corrected chi connectivity index (χ0v) is 12.3. The van der Waals surface area contributed by atoms with Gasteiger partial charge in [-0.25, -0.2) is 0 Å². The number of pyridine rings is 1. The lowest BCUT2D eigenvalue weighted by Gasteiger charge is -2.31. The highest BCUT2D eigenvalue weighted by Gasteiger charge is 2.18. The smallest absolute Gasteiger partial charge is 0.0471 e. The fourth-order valence-corrected chi connectivity index (χ4v) is 3.04. The van der Waals surface area contributed by atoms with Gasteiger partial charge < -0.3 is 5.11 Å². The number of aliphatic hydroxyl groups excluding tert-OH is 1. The fourth-order valence-electron chi connectivity index (χ4n) is 3.04. The number of piperidine rings is 1. The maximum Gasteiger partial charge on any atom is 0.0471 e. The summed E-state index contributed by atoms with van der Waals surface area (Å²) in [6, 6.07) is 12.8. The molecular formula is C18H22N2O. The minimum Gasteiger partial charge on any atom is -0.396 e. The Morgan fingerprint density at radius 1 is 1.14 bits per heavy atom. The number of hydrogen-bond donors (Lipinski definition) is 1. The number of benzene rings is 1. The summed E-state index contributed by atoms with van der Waals surface area (Å²) in [6.07, 6.45) is 6.04. The summed E-state index contributed by atoms with van der Waals surface area (Å²) in [5.41, 5.74) is 3.70. The third-order valence-electron chi connectivity index (χ3n) is 4.22. The minimum absolute atomic E-state index is 0.316. The van der Waals surface area contributed by atoms with Crippen molar-refractivity contribution in [2.75, 3.05) is 19.7 Å². The summed E-state index contributed by atoms with van der Waals surface area (Å²) in [6.45, 7) is 3.45. The van der Waals surface area contributed by atoms with Crippen LogP contribution in [0.4, 0.5) is 0 Å². The molecule has 0 radical (unpaired) electrons. The number of aromatic nitrogens is 1. The standard InChI is InChI=1S/C18H22N2O/c21-14-16-3-2-10-20(13-16)12-15-5-7-17(8-6-15)18-4-1-9-19-11-18/h1,4-9,11,16,21H,2-3,10,12-14H2. The third kappa shape index (κ3) is 3.69. The molecule has 0 aliphatic carbocycles. The molecule has 2 aromatic rings. The predicted molar refractivity (Wildman–Crippen MR) is 84.8 cm³/mol. The van der Waals surface area contributed by atoms with E-state index in [1.165, 1.54) is 17.5 Å². The Morgan fingerprint density at radius 3 is 2.71 bits per heavy atom. The van der Waals surface area contributed by atoms with Crippen LogP contribution in [-0.4, -0.2) is 34.7 Å². The highest BCUT2D eigenvalue weighted by Crippen LogP contribution is 2.21. The van der Waals surface area contributed by atoms with Crippen LogP contribution in [0.1, 0.15) is 18.4 Å². The molecule has 1 aliphatic rings. The van der Waals surface area contributed by atoms with Gasteiger partial charge in [-0.1, -0.05) is 30.3 Å². The molecule has 1 aliphatic heterocycles. The van der Waals surface area contributed by atoms with Crippen molar-refractivity contribution in [1.29, 1.82) is 0 Å². The molecule has 1 unspecified atom stereocenters. The van der Waals surface area contributed by atoms with Gasteiger partial charge in [0.05, 0.1) is 0 Å². The quantitative estimate of drug-likeness (QED) is 0.936. The summed E-state index contributed by atoms with van der Waals surface area (Å²) in [7, 11) is 0. The first-order chi connectivity index (χ1) is 10.3. The van der Waals surface area contributed by atoms with Crippen molar-refractivity contribution in [1.82, 2.24) is 9.88 Å². The van der Waals surface area contributed by atoms with Crippen LogP contribution in [0, 0.1) is 5.92 Å². The van der Waals surface area contributed by atoms with E-state index >= 15 is 0 Å². The maximum absolute atomic E-state index is 9.30. The van der Waals surface area contributed by atoms with E-state index in [9.17, 15) is 5.11 Å². The van der Waals surface area contributed by atoms with Crippen LogP contribution in [0.25, 0.3) is 11.1 Å². The van der Waals surface area contributed by atoms with Crippen LogP contribution in [0.2, 0.25) is 0 Å². The topological polar surface area (TPSA) is 36.4 Å². The van der Waals surface area contributed by atoms with Gasteiger partial charge in [-0.2, -0.15) is 0 Å². The first-order valence-corrected chi connectivity index (χ1v) is 7.67. The van der Waals surface area contributed by atoms with Crippen molar-refractivity contribution < 1.29 is 5.11 Å². The van der Waals surface area contributed by atoms with Crippen molar-refractivity contribution in [2.45, 2.75) is 19.4 Å². The third-order valence-corrected chi connectivity index (χ3v) is 4.22. The summed E-state index contributed by atoms with van der Waals surface area (Å²) < 4.78 is 0. The second kappa shape index (κ2) is 6.83. The molecule has 0 spiro atoms. The molecule has 110 valence electrons. The van der Waals surface area contributed by atoms with E-state index in [0.29, 0.717) is 12.5 Å². The maximum atomic E-state index is 9.30. The first-order valence-electron chi connectivity index (χ1n) is 7.67. The monoisotopic (exact) mass is 282 g/mol. The normalized spacial score (nSPS) is 19.6. The molecule has 1 aromatic carbocycles. The summed E-state index contributed by atoms with van der Waals surface area (Å²) >= 11 is 0. The zero-order chi connectivity index (χ0) is 14.5. The van der Waals surface area contributed by atoms with Crippen molar-refractivity contribution in [3.8, 4) is 11.1 Å². The second-order valence-corrected chi connectivity index (χ2v) is 5.86. The molecule has 2 heterocycles. The average molecular weight is 282 g/mol. The fraction of sp³-hybridized carbons (Fsp3) is 0.389. The minimum atomic E-state index is 0.316. The summed E-state index contributed by atoms with van der Waals surface area (Å²) in [4.78, 5) is 6.61.